The molecule has 3 aromatic carbocycles. The maximum absolute atomic E-state index is 13.5. The van der Waals surface area contributed by atoms with Crippen molar-refractivity contribution in [3.8, 4) is 5.88 Å². The Hall–Kier alpha value is -3.40. The molecule has 180 valence electrons. The van der Waals surface area contributed by atoms with Gasteiger partial charge in [-0.05, 0) is 43.3 Å². The number of fused-ring (bicyclic) bond motifs is 1. The van der Waals surface area contributed by atoms with Gasteiger partial charge in [0.2, 0.25) is 5.88 Å². The van der Waals surface area contributed by atoms with Crippen LogP contribution in [0, 0.1) is 6.92 Å². The molecule has 0 saturated heterocycles. The maximum Gasteiger partial charge on any atom is 0.285 e. The molecule has 11 heteroatoms. The number of carbonyl (C=O) groups is 1. The molecule has 1 aromatic heterocycles. The Labute approximate surface area is 212 Å². The number of azo groups is 1. The number of amides is 1. The summed E-state index contributed by atoms with van der Waals surface area (Å²) >= 11 is 12.2. The number of sulfonamides is 1. The van der Waals surface area contributed by atoms with E-state index in [9.17, 15) is 18.3 Å². The van der Waals surface area contributed by atoms with E-state index in [2.05, 4.69) is 10.2 Å². The first-order valence-corrected chi connectivity index (χ1v) is 12.5. The molecule has 0 radical (unpaired) electrons. The van der Waals surface area contributed by atoms with Crippen LogP contribution in [-0.4, -0.2) is 30.5 Å². The fraction of sp³-hybridized carbons (Fsp3) is 0.125. The van der Waals surface area contributed by atoms with Gasteiger partial charge in [0.15, 0.2) is 5.69 Å². The molecule has 0 unspecified atom stereocenters. The molecule has 1 N–H and O–H groups in total. The summed E-state index contributed by atoms with van der Waals surface area (Å²) in [6, 6.07) is 17.5. The summed E-state index contributed by atoms with van der Waals surface area (Å²) in [6.45, 7) is 1.17. The van der Waals surface area contributed by atoms with Crippen LogP contribution in [0.2, 0.25) is 10.0 Å². The van der Waals surface area contributed by atoms with Gasteiger partial charge in [-0.25, -0.2) is 8.42 Å². The summed E-state index contributed by atoms with van der Waals surface area (Å²) in [7, 11) is -2.53. The summed E-state index contributed by atoms with van der Waals surface area (Å²) in [4.78, 5) is 12.8. The predicted molar refractivity (Wildman–Crippen MR) is 136 cm³/mol. The minimum Gasteiger partial charge on any atom is -0.493 e. The summed E-state index contributed by atoms with van der Waals surface area (Å²) in [5, 5.41) is 19.0. The molecule has 35 heavy (non-hydrogen) atoms. The molecule has 4 rings (SSSR count). The van der Waals surface area contributed by atoms with E-state index >= 15 is 0 Å². The molecular formula is C24H20Cl2N4O4S. The molecule has 0 spiro atoms. The highest BCUT2D eigenvalue weighted by molar-refractivity contribution is 7.92. The molecule has 8 nitrogen and oxygen atoms in total. The number of hydrogen-bond donors (Lipinski definition) is 1. The fourth-order valence-corrected chi connectivity index (χ4v) is 5.47. The summed E-state index contributed by atoms with van der Waals surface area (Å²) in [5.41, 5.74) is 1.78. The number of nitrogens with zero attached hydrogens (tertiary/aromatic N) is 4. The number of rotatable bonds is 6. The van der Waals surface area contributed by atoms with Crippen LogP contribution in [0.25, 0.3) is 10.9 Å². The van der Waals surface area contributed by atoms with Crippen LogP contribution < -0.4 is 4.31 Å². The highest BCUT2D eigenvalue weighted by atomic mass is 35.5. The number of hydrogen-bond acceptors (Lipinski definition) is 5. The summed E-state index contributed by atoms with van der Waals surface area (Å²) in [5.74, 6) is -1.03. The Balaban J connectivity index is 1.72. The second kappa shape index (κ2) is 9.69. The number of aryl methyl sites for hydroxylation is 2. The fourth-order valence-electron chi connectivity index (χ4n) is 3.55. The Morgan fingerprint density at radius 2 is 1.66 bits per heavy atom. The lowest BCUT2D eigenvalue weighted by atomic mass is 10.2. The smallest absolute Gasteiger partial charge is 0.285 e. The Morgan fingerprint density at radius 1 is 1.03 bits per heavy atom. The van der Waals surface area contributed by atoms with E-state index in [1.54, 1.807) is 43.4 Å². The van der Waals surface area contributed by atoms with Crippen molar-refractivity contribution >= 4 is 61.4 Å². The lowest BCUT2D eigenvalue weighted by Gasteiger charge is -2.23. The van der Waals surface area contributed by atoms with Crippen LogP contribution in [0.4, 0.5) is 11.4 Å². The van der Waals surface area contributed by atoms with Crippen molar-refractivity contribution in [1.82, 2.24) is 4.57 Å². The molecule has 1 heterocycles. The van der Waals surface area contributed by atoms with Crippen LogP contribution in [0.15, 0.2) is 81.9 Å². The van der Waals surface area contributed by atoms with Crippen molar-refractivity contribution in [1.29, 1.82) is 0 Å². The number of aromatic nitrogens is 1. The van der Waals surface area contributed by atoms with Gasteiger partial charge in [0, 0.05) is 22.5 Å². The first-order valence-electron chi connectivity index (χ1n) is 10.3. The molecule has 0 aliphatic rings. The summed E-state index contributed by atoms with van der Waals surface area (Å²) in [6.07, 6.45) is 0. The number of halogens is 2. The second-order valence-electron chi connectivity index (χ2n) is 7.79. The van der Waals surface area contributed by atoms with Crippen molar-refractivity contribution in [2.24, 2.45) is 17.3 Å². The highest BCUT2D eigenvalue weighted by Crippen LogP contribution is 2.38. The molecule has 0 atom stereocenters. The molecule has 0 aliphatic carbocycles. The molecule has 0 aliphatic heterocycles. The number of para-hydroxylation sites is 1. The topological polar surface area (TPSA) is 104 Å². The van der Waals surface area contributed by atoms with Crippen LogP contribution in [-0.2, 0) is 21.9 Å². The van der Waals surface area contributed by atoms with Crippen molar-refractivity contribution < 1.29 is 18.3 Å². The van der Waals surface area contributed by atoms with Crippen LogP contribution in [0.3, 0.4) is 0 Å². The molecule has 1 amide bonds. The van der Waals surface area contributed by atoms with E-state index < -0.39 is 22.5 Å². The Morgan fingerprint density at radius 3 is 2.31 bits per heavy atom. The van der Waals surface area contributed by atoms with Gasteiger partial charge in [0.1, 0.15) is 6.54 Å². The number of carbonyl (C=O) groups excluding carboxylic acids is 1. The van der Waals surface area contributed by atoms with E-state index in [0.717, 1.165) is 9.87 Å². The first kappa shape index (κ1) is 24.7. The van der Waals surface area contributed by atoms with Crippen LogP contribution in [0.5, 0.6) is 5.88 Å². The van der Waals surface area contributed by atoms with E-state index in [4.69, 9.17) is 23.2 Å². The SMILES string of the molecule is Cc1ccc(S(=O)(=O)N(CC(=O)N=Nc2c(O)n(C)c3ccccc23)c2cc(Cl)cc(Cl)c2)cc1. The van der Waals surface area contributed by atoms with Crippen LogP contribution >= 0.6 is 23.2 Å². The molecular weight excluding hydrogens is 511 g/mol. The van der Waals surface area contributed by atoms with Gasteiger partial charge in [-0.15, -0.1) is 10.2 Å². The maximum atomic E-state index is 13.5. The lowest BCUT2D eigenvalue weighted by molar-refractivity contribution is -0.116. The molecule has 4 aromatic rings. The largest absolute Gasteiger partial charge is 0.493 e. The van der Waals surface area contributed by atoms with Gasteiger partial charge in [-0.1, -0.05) is 59.1 Å². The van der Waals surface area contributed by atoms with Gasteiger partial charge in [0.25, 0.3) is 15.9 Å². The standard InChI is InChI=1S/C24H20Cl2N4O4S/c1-15-7-9-19(10-8-15)35(33,34)30(18-12-16(25)11-17(26)13-18)14-22(31)27-28-23-20-5-3-4-6-21(20)29(2)24(23)32/h3-13,32H,14H2,1-2H3. The zero-order valence-corrected chi connectivity index (χ0v) is 21.0. The minimum absolute atomic E-state index is 0.0179. The average Bonchev–Trinajstić information content (AvgIpc) is 3.05. The lowest BCUT2D eigenvalue weighted by Crippen LogP contribution is -2.35. The zero-order chi connectivity index (χ0) is 25.3. The third-order valence-corrected chi connectivity index (χ3v) is 7.56. The van der Waals surface area contributed by atoms with Gasteiger partial charge in [0.05, 0.1) is 16.1 Å². The van der Waals surface area contributed by atoms with Crippen molar-refractivity contribution in [2.45, 2.75) is 11.8 Å². The second-order valence-corrected chi connectivity index (χ2v) is 10.5. The van der Waals surface area contributed by atoms with Gasteiger partial charge < -0.3 is 9.67 Å². The van der Waals surface area contributed by atoms with E-state index in [1.807, 2.05) is 6.92 Å². The number of anilines is 1. The van der Waals surface area contributed by atoms with Crippen molar-refractivity contribution in [3.63, 3.8) is 0 Å². The summed E-state index contributed by atoms with van der Waals surface area (Å²) < 4.78 is 29.3. The Bertz CT molecular complexity index is 1540. The van der Waals surface area contributed by atoms with E-state index in [0.29, 0.717) is 10.9 Å². The van der Waals surface area contributed by atoms with E-state index in [1.165, 1.54) is 34.9 Å². The van der Waals surface area contributed by atoms with E-state index in [-0.39, 0.29) is 32.2 Å². The quantitative estimate of drug-likeness (QED) is 0.308. The Kier molecular flexibility index (Phi) is 6.84. The average molecular weight is 531 g/mol. The normalized spacial score (nSPS) is 11.9. The molecule has 0 saturated carbocycles. The first-order chi connectivity index (χ1) is 16.6. The molecule has 0 bridgehead atoms. The number of aromatic hydroxyl groups is 1. The monoisotopic (exact) mass is 530 g/mol. The van der Waals surface area contributed by atoms with Crippen molar-refractivity contribution in [2.75, 3.05) is 10.8 Å². The third-order valence-electron chi connectivity index (χ3n) is 5.33. The van der Waals surface area contributed by atoms with Gasteiger partial charge in [-0.3, -0.25) is 9.10 Å². The minimum atomic E-state index is -4.18. The zero-order valence-electron chi connectivity index (χ0n) is 18.7. The van der Waals surface area contributed by atoms with Gasteiger partial charge >= 0.3 is 0 Å². The highest BCUT2D eigenvalue weighted by Gasteiger charge is 2.28. The number of benzene rings is 3. The van der Waals surface area contributed by atoms with Crippen LogP contribution in [0.1, 0.15) is 5.56 Å². The van der Waals surface area contributed by atoms with Gasteiger partial charge in [-0.2, -0.15) is 0 Å². The van der Waals surface area contributed by atoms with Crippen molar-refractivity contribution in [3.05, 3.63) is 82.3 Å². The third kappa shape index (κ3) is 5.02. The molecule has 0 fully saturated rings. The predicted octanol–water partition coefficient (Wildman–Crippen LogP) is 6.00.